The van der Waals surface area contributed by atoms with Crippen molar-refractivity contribution in [2.45, 2.75) is 223 Å². The van der Waals surface area contributed by atoms with Crippen molar-refractivity contribution >= 4 is 7.92 Å². The lowest BCUT2D eigenvalue weighted by atomic mass is 9.57. The molecule has 0 saturated carbocycles. The molecule has 0 spiro atoms. The Labute approximate surface area is 469 Å². The number of unbranched alkanes of at least 4 members (excludes halogenated alkanes) is 28. The van der Waals surface area contributed by atoms with E-state index in [9.17, 15) is 0 Å². The van der Waals surface area contributed by atoms with Gasteiger partial charge in [0.25, 0.3) is 0 Å². The van der Waals surface area contributed by atoms with Crippen LogP contribution in [0.3, 0.4) is 0 Å². The number of rotatable bonds is 38. The molecule has 0 amide bonds. The van der Waals surface area contributed by atoms with Crippen LogP contribution < -0.4 is 0 Å². The number of hydrogen-bond donors (Lipinski definition) is 0. The molecule has 0 aliphatic carbocycles. The van der Waals surface area contributed by atoms with E-state index < -0.39 is 189 Å². The third-order valence-electron chi connectivity index (χ3n) is 15.9. The molecule has 0 N–H and O–H groups in total. The van der Waals surface area contributed by atoms with Crippen LogP contribution in [0.5, 0.6) is 0 Å². The van der Waals surface area contributed by atoms with E-state index in [0.29, 0.717) is 32.3 Å². The largest absolute Gasteiger partial charge is 0.203 e. The highest BCUT2D eigenvalue weighted by molar-refractivity contribution is 7.58. The molecule has 0 aliphatic heterocycles. The molecule has 0 aliphatic rings. The van der Waals surface area contributed by atoms with Gasteiger partial charge in [0.2, 0.25) is 23.3 Å². The second-order valence-electron chi connectivity index (χ2n) is 21.5. The van der Waals surface area contributed by atoms with Gasteiger partial charge in [0.1, 0.15) is 0 Å². The SMILES string of the molecule is CCCCCCCCCCCCCCCCCCP(C)C(c1c(F)c(F)c(F)c(F)c1F)(c1c(F)c(F)c(F)c(F)c1F)C(CCCCCCCCCCCCCCCC)(c1c(F)c(F)c(F)c(F)c1F)c1c(F)c(F)c(F)c(F)c1F. The van der Waals surface area contributed by atoms with E-state index in [2.05, 4.69) is 13.8 Å². The van der Waals surface area contributed by atoms with Crippen LogP contribution in [0.2, 0.25) is 0 Å². The molecule has 0 fully saturated rings. The molecule has 0 nitrogen and oxygen atoms in total. The van der Waals surface area contributed by atoms with E-state index in [-0.39, 0.29) is 25.7 Å². The van der Waals surface area contributed by atoms with Gasteiger partial charge in [-0.15, -0.1) is 0 Å². The van der Waals surface area contributed by atoms with Crippen molar-refractivity contribution in [3.8, 4) is 0 Å². The van der Waals surface area contributed by atoms with Gasteiger partial charge in [0.05, 0.1) is 10.6 Å². The van der Waals surface area contributed by atoms with Crippen LogP contribution in [0, 0.1) is 116 Å². The second-order valence-corrected chi connectivity index (χ2v) is 24.0. The van der Waals surface area contributed by atoms with Gasteiger partial charge in [-0.2, -0.15) is 0 Å². The average Bonchev–Trinajstić information content (AvgIpc) is 1.00. The van der Waals surface area contributed by atoms with Crippen molar-refractivity contribution in [2.75, 3.05) is 12.8 Å². The highest BCUT2D eigenvalue weighted by atomic mass is 31.1. The zero-order valence-corrected chi connectivity index (χ0v) is 47.5. The van der Waals surface area contributed by atoms with E-state index in [4.69, 9.17) is 0 Å². The Balaban J connectivity index is 2.06. The smallest absolute Gasteiger partial charge is 0.200 e. The molecule has 0 saturated heterocycles. The molecule has 4 rings (SSSR count). The Kier molecular flexibility index (Phi) is 28.8. The van der Waals surface area contributed by atoms with Crippen LogP contribution in [0.4, 0.5) is 87.8 Å². The fourth-order valence-corrected chi connectivity index (χ4v) is 14.8. The van der Waals surface area contributed by atoms with Crippen LogP contribution in [-0.2, 0) is 10.6 Å². The van der Waals surface area contributed by atoms with Gasteiger partial charge in [-0.3, -0.25) is 0 Å². The van der Waals surface area contributed by atoms with E-state index in [1.807, 2.05) is 0 Å². The zero-order chi connectivity index (χ0) is 61.1. The summed E-state index contributed by atoms with van der Waals surface area (Å²) in [7, 11) is -3.95. The van der Waals surface area contributed by atoms with Gasteiger partial charge in [-0.1, -0.05) is 208 Å². The zero-order valence-electron chi connectivity index (χ0n) is 46.6. The first-order valence-corrected chi connectivity index (χ1v) is 30.8. The lowest BCUT2D eigenvalue weighted by Gasteiger charge is -2.56. The fraction of sp³-hybridized carbons (Fsp3) is 0.607. The number of benzene rings is 4. The van der Waals surface area contributed by atoms with Crippen LogP contribution in [0.15, 0.2) is 0 Å². The maximum Gasteiger partial charge on any atom is 0.200 e. The maximum absolute atomic E-state index is 17.3. The van der Waals surface area contributed by atoms with Crippen molar-refractivity contribution in [1.29, 1.82) is 0 Å². The average molecular weight is 1220 g/mol. The van der Waals surface area contributed by atoms with Gasteiger partial charge in [0, 0.05) is 22.3 Å². The van der Waals surface area contributed by atoms with Crippen molar-refractivity contribution in [2.24, 2.45) is 0 Å². The highest BCUT2D eigenvalue weighted by Crippen LogP contribution is 2.73. The standard InChI is InChI=1S/C61H73F20P/c1-4-6-8-10-12-14-16-18-20-21-23-25-27-29-31-33-35-82(3)61(38-44(66)52(74)58(80)53(75)45(38)67,39-46(68)54(76)59(81)55(77)47(39)69)60(36-40(62)48(70)56(78)49(71)41(36)63,37-42(64)50(72)57(79)51(73)43(37)65)34-32-30-28-26-24-22-19-17-15-13-11-9-7-5-2/h4-35H2,1-3H3. The summed E-state index contributed by atoms with van der Waals surface area (Å²) in [5.41, 5.74) is -16.8. The topological polar surface area (TPSA) is 0 Å². The first kappa shape index (κ1) is 70.4. The van der Waals surface area contributed by atoms with Crippen LogP contribution in [0.25, 0.3) is 0 Å². The molecule has 1 atom stereocenters. The van der Waals surface area contributed by atoms with Crippen LogP contribution in [-0.4, -0.2) is 12.8 Å². The maximum atomic E-state index is 17.3. The molecule has 4 aromatic rings. The summed E-state index contributed by atoms with van der Waals surface area (Å²) < 4.78 is 328. The van der Waals surface area contributed by atoms with Gasteiger partial charge in [-0.05, 0) is 25.7 Å². The highest BCUT2D eigenvalue weighted by Gasteiger charge is 2.67. The summed E-state index contributed by atoms with van der Waals surface area (Å²) in [6, 6.07) is 0. The number of hydrogen-bond acceptors (Lipinski definition) is 0. The second kappa shape index (κ2) is 33.6. The predicted octanol–water partition coefficient (Wildman–Crippen LogP) is 22.9. The molecule has 4 aromatic carbocycles. The van der Waals surface area contributed by atoms with Crippen molar-refractivity contribution in [3.63, 3.8) is 0 Å². The molecule has 462 valence electrons. The molecule has 82 heavy (non-hydrogen) atoms. The Morgan fingerprint density at radius 2 is 0.390 bits per heavy atom. The summed E-state index contributed by atoms with van der Waals surface area (Å²) in [6.07, 6.45) is 16.0. The van der Waals surface area contributed by atoms with Gasteiger partial charge in [-0.25, -0.2) is 87.8 Å². The Morgan fingerprint density at radius 3 is 0.610 bits per heavy atom. The Hall–Kier alpha value is -4.09. The fourth-order valence-electron chi connectivity index (χ4n) is 11.6. The van der Waals surface area contributed by atoms with Gasteiger partial charge >= 0.3 is 0 Å². The molecule has 0 radical (unpaired) electrons. The molecular formula is C61H73F20P. The molecule has 0 bridgehead atoms. The van der Waals surface area contributed by atoms with Crippen molar-refractivity contribution < 1.29 is 87.8 Å². The number of halogens is 20. The summed E-state index contributed by atoms with van der Waals surface area (Å²) in [5, 5.41) is -5.03. The molecule has 21 heteroatoms. The van der Waals surface area contributed by atoms with E-state index in [1.165, 1.54) is 12.8 Å². The first-order chi connectivity index (χ1) is 39.0. The molecular weight excluding hydrogens is 1140 g/mol. The molecule has 0 aromatic heterocycles. The third-order valence-corrected chi connectivity index (χ3v) is 18.8. The summed E-state index contributed by atoms with van der Waals surface area (Å²) >= 11 is 0. The summed E-state index contributed by atoms with van der Waals surface area (Å²) in [4.78, 5) is 0. The predicted molar refractivity (Wildman–Crippen MR) is 279 cm³/mol. The van der Waals surface area contributed by atoms with Crippen LogP contribution >= 0.6 is 7.92 Å². The Bertz CT molecular complexity index is 2450. The van der Waals surface area contributed by atoms with E-state index >= 15 is 87.8 Å². The Morgan fingerprint density at radius 1 is 0.220 bits per heavy atom. The van der Waals surface area contributed by atoms with Gasteiger partial charge < -0.3 is 0 Å². The lowest BCUT2D eigenvalue weighted by molar-refractivity contribution is 0.251. The normalized spacial score (nSPS) is 12.6. The van der Waals surface area contributed by atoms with Crippen LogP contribution in [0.1, 0.15) is 235 Å². The monoisotopic (exact) mass is 1220 g/mol. The lowest BCUT2D eigenvalue weighted by Crippen LogP contribution is -2.55. The van der Waals surface area contributed by atoms with Crippen molar-refractivity contribution in [3.05, 3.63) is 139 Å². The minimum Gasteiger partial charge on any atom is -0.203 e. The van der Waals surface area contributed by atoms with Gasteiger partial charge in [0.15, 0.2) is 93.1 Å². The van der Waals surface area contributed by atoms with E-state index in [1.54, 1.807) is 0 Å². The molecule has 1 unspecified atom stereocenters. The minimum absolute atomic E-state index is 0.0913. The molecule has 0 heterocycles. The summed E-state index contributed by atoms with van der Waals surface area (Å²) in [6.45, 7) is 4.70. The minimum atomic E-state index is -5.05. The van der Waals surface area contributed by atoms with Crippen molar-refractivity contribution in [1.82, 2.24) is 0 Å². The van der Waals surface area contributed by atoms with E-state index in [0.717, 1.165) is 109 Å². The summed E-state index contributed by atoms with van der Waals surface area (Å²) in [5.74, 6) is -64.8. The quantitative estimate of drug-likeness (QED) is 0.0138. The third kappa shape index (κ3) is 15.5. The first-order valence-electron chi connectivity index (χ1n) is 28.8.